The molecule has 1 atom stereocenters. The third-order valence-corrected chi connectivity index (χ3v) is 5.40. The Morgan fingerprint density at radius 3 is 2.72 bits per heavy atom. The quantitative estimate of drug-likeness (QED) is 0.872. The van der Waals surface area contributed by atoms with Crippen LogP contribution in [0.2, 0.25) is 0 Å². The van der Waals surface area contributed by atoms with E-state index < -0.39 is 9.84 Å². The molecule has 1 aliphatic rings. The van der Waals surface area contributed by atoms with Crippen LogP contribution in [0.15, 0.2) is 0 Å². The van der Waals surface area contributed by atoms with E-state index in [0.717, 1.165) is 24.4 Å². The minimum atomic E-state index is -2.85. The molecule has 1 aliphatic heterocycles. The molecule has 102 valence electrons. The SMILES string of the molecule is CNCCc1c(C)nn(C2CCS(=O)(=O)C2)c1C. The molecule has 0 aliphatic carbocycles. The molecule has 6 heteroatoms. The van der Waals surface area contributed by atoms with E-state index >= 15 is 0 Å². The summed E-state index contributed by atoms with van der Waals surface area (Å²) >= 11 is 0. The van der Waals surface area contributed by atoms with Crippen molar-refractivity contribution >= 4 is 9.84 Å². The summed E-state index contributed by atoms with van der Waals surface area (Å²) < 4.78 is 25.0. The predicted octanol–water partition coefficient (Wildman–Crippen LogP) is 0.621. The molecule has 5 nitrogen and oxygen atoms in total. The van der Waals surface area contributed by atoms with Crippen LogP contribution < -0.4 is 5.32 Å². The highest BCUT2D eigenvalue weighted by atomic mass is 32.2. The number of nitrogens with one attached hydrogen (secondary N) is 1. The summed E-state index contributed by atoms with van der Waals surface area (Å²) in [4.78, 5) is 0. The van der Waals surface area contributed by atoms with E-state index in [-0.39, 0.29) is 11.8 Å². The summed E-state index contributed by atoms with van der Waals surface area (Å²) in [6.07, 6.45) is 1.63. The first kappa shape index (κ1) is 13.5. The second kappa shape index (κ2) is 5.01. The molecule has 0 aromatic carbocycles. The van der Waals surface area contributed by atoms with Crippen molar-refractivity contribution in [2.24, 2.45) is 0 Å². The topological polar surface area (TPSA) is 64.0 Å². The van der Waals surface area contributed by atoms with Crippen molar-refractivity contribution in [1.29, 1.82) is 0 Å². The zero-order valence-corrected chi connectivity index (χ0v) is 12.0. The maximum Gasteiger partial charge on any atom is 0.152 e. The average molecular weight is 271 g/mol. The molecule has 0 bridgehead atoms. The fraction of sp³-hybridized carbons (Fsp3) is 0.750. The second-order valence-electron chi connectivity index (χ2n) is 5.00. The largest absolute Gasteiger partial charge is 0.319 e. The second-order valence-corrected chi connectivity index (χ2v) is 7.23. The molecule has 1 N–H and O–H groups in total. The van der Waals surface area contributed by atoms with Crippen LogP contribution in [0.3, 0.4) is 0 Å². The number of aromatic nitrogens is 2. The van der Waals surface area contributed by atoms with Gasteiger partial charge in [-0.3, -0.25) is 4.68 Å². The molecule has 18 heavy (non-hydrogen) atoms. The summed E-state index contributed by atoms with van der Waals surface area (Å²) in [6, 6.07) is 0.0250. The minimum absolute atomic E-state index is 0.0250. The number of aryl methyl sites for hydroxylation is 1. The summed E-state index contributed by atoms with van der Waals surface area (Å²) in [6.45, 7) is 4.95. The van der Waals surface area contributed by atoms with Crippen LogP contribution in [-0.4, -0.2) is 43.3 Å². The summed E-state index contributed by atoms with van der Waals surface area (Å²) in [7, 11) is -0.925. The van der Waals surface area contributed by atoms with Crippen LogP contribution in [0.1, 0.15) is 29.4 Å². The van der Waals surface area contributed by atoms with Gasteiger partial charge >= 0.3 is 0 Å². The molecule has 1 aromatic rings. The van der Waals surface area contributed by atoms with Gasteiger partial charge in [0.05, 0.1) is 23.2 Å². The zero-order chi connectivity index (χ0) is 13.3. The predicted molar refractivity (Wildman–Crippen MR) is 71.6 cm³/mol. The Kier molecular flexibility index (Phi) is 3.77. The highest BCUT2D eigenvalue weighted by Crippen LogP contribution is 2.26. The lowest BCUT2D eigenvalue weighted by atomic mass is 10.1. The smallest absolute Gasteiger partial charge is 0.152 e. The number of sulfone groups is 1. The molecule has 1 unspecified atom stereocenters. The number of hydrogen-bond donors (Lipinski definition) is 1. The third kappa shape index (κ3) is 2.59. The van der Waals surface area contributed by atoms with E-state index in [2.05, 4.69) is 10.4 Å². The molecule has 2 rings (SSSR count). The van der Waals surface area contributed by atoms with Gasteiger partial charge in [0, 0.05) is 5.69 Å². The van der Waals surface area contributed by atoms with Gasteiger partial charge < -0.3 is 5.32 Å². The standard InChI is InChI=1S/C12H21N3O2S/c1-9-12(4-6-13-3)10(2)15(14-9)11-5-7-18(16,17)8-11/h11,13H,4-8H2,1-3H3. The van der Waals surface area contributed by atoms with Crippen molar-refractivity contribution in [2.45, 2.75) is 32.7 Å². The Hall–Kier alpha value is -0.880. The van der Waals surface area contributed by atoms with E-state index in [4.69, 9.17) is 0 Å². The van der Waals surface area contributed by atoms with Crippen LogP contribution in [0.4, 0.5) is 0 Å². The monoisotopic (exact) mass is 271 g/mol. The van der Waals surface area contributed by atoms with Gasteiger partial charge in [-0.2, -0.15) is 5.10 Å². The van der Waals surface area contributed by atoms with E-state index in [9.17, 15) is 8.42 Å². The molecule has 0 spiro atoms. The van der Waals surface area contributed by atoms with Gasteiger partial charge in [-0.1, -0.05) is 0 Å². The minimum Gasteiger partial charge on any atom is -0.319 e. The highest BCUT2D eigenvalue weighted by Gasteiger charge is 2.31. The summed E-state index contributed by atoms with van der Waals surface area (Å²) in [5.41, 5.74) is 3.38. The molecule has 1 fully saturated rings. The van der Waals surface area contributed by atoms with Gasteiger partial charge in [0.15, 0.2) is 9.84 Å². The molecule has 0 saturated carbocycles. The van der Waals surface area contributed by atoms with Crippen molar-refractivity contribution in [3.63, 3.8) is 0 Å². The van der Waals surface area contributed by atoms with Gasteiger partial charge in [-0.25, -0.2) is 8.42 Å². The van der Waals surface area contributed by atoms with Gasteiger partial charge in [0.25, 0.3) is 0 Å². The maximum atomic E-state index is 11.5. The number of hydrogen-bond acceptors (Lipinski definition) is 4. The molecule has 0 amide bonds. The lowest BCUT2D eigenvalue weighted by molar-refractivity contribution is 0.485. The molecule has 0 radical (unpaired) electrons. The molecule has 2 heterocycles. The van der Waals surface area contributed by atoms with E-state index in [1.54, 1.807) is 0 Å². The van der Waals surface area contributed by atoms with Crippen molar-refractivity contribution in [2.75, 3.05) is 25.1 Å². The Bertz CT molecular complexity index is 534. The molecular weight excluding hydrogens is 250 g/mol. The summed E-state index contributed by atoms with van der Waals surface area (Å²) in [5.74, 6) is 0.530. The van der Waals surface area contributed by atoms with E-state index in [1.807, 2.05) is 25.6 Å². The van der Waals surface area contributed by atoms with Crippen LogP contribution in [0, 0.1) is 13.8 Å². The Labute approximate surface area is 108 Å². The Morgan fingerprint density at radius 2 is 2.17 bits per heavy atom. The van der Waals surface area contributed by atoms with Gasteiger partial charge in [-0.15, -0.1) is 0 Å². The van der Waals surface area contributed by atoms with Crippen molar-refractivity contribution < 1.29 is 8.42 Å². The normalized spacial score (nSPS) is 22.5. The third-order valence-electron chi connectivity index (χ3n) is 3.65. The van der Waals surface area contributed by atoms with Gasteiger partial charge in [0.1, 0.15) is 0 Å². The average Bonchev–Trinajstić information content (AvgIpc) is 2.78. The molecular formula is C12H21N3O2S. The Balaban J connectivity index is 2.25. The van der Waals surface area contributed by atoms with E-state index in [1.165, 1.54) is 5.56 Å². The van der Waals surface area contributed by atoms with E-state index in [0.29, 0.717) is 12.2 Å². The molecule has 1 saturated heterocycles. The van der Waals surface area contributed by atoms with Crippen LogP contribution in [0.5, 0.6) is 0 Å². The van der Waals surface area contributed by atoms with Gasteiger partial charge in [-0.05, 0) is 45.8 Å². The summed E-state index contributed by atoms with van der Waals surface area (Å²) in [5, 5.41) is 7.66. The number of nitrogens with zero attached hydrogens (tertiary/aromatic N) is 2. The van der Waals surface area contributed by atoms with Crippen LogP contribution in [0.25, 0.3) is 0 Å². The first-order valence-electron chi connectivity index (χ1n) is 6.34. The van der Waals surface area contributed by atoms with Crippen molar-refractivity contribution in [1.82, 2.24) is 15.1 Å². The maximum absolute atomic E-state index is 11.5. The first-order valence-corrected chi connectivity index (χ1v) is 8.16. The fourth-order valence-electron chi connectivity index (χ4n) is 2.63. The number of likely N-dealkylation sites (N-methyl/N-ethyl adjacent to an activating group) is 1. The highest BCUT2D eigenvalue weighted by molar-refractivity contribution is 7.91. The van der Waals surface area contributed by atoms with Crippen molar-refractivity contribution in [3.8, 4) is 0 Å². The van der Waals surface area contributed by atoms with Gasteiger partial charge in [0.2, 0.25) is 0 Å². The first-order chi connectivity index (χ1) is 8.44. The van der Waals surface area contributed by atoms with Crippen LogP contribution >= 0.6 is 0 Å². The van der Waals surface area contributed by atoms with Crippen molar-refractivity contribution in [3.05, 3.63) is 17.0 Å². The molecule has 1 aromatic heterocycles. The Morgan fingerprint density at radius 1 is 1.44 bits per heavy atom. The fourth-order valence-corrected chi connectivity index (χ4v) is 4.32. The lowest BCUT2D eigenvalue weighted by Gasteiger charge is -2.11. The lowest BCUT2D eigenvalue weighted by Crippen LogP contribution is -2.15. The zero-order valence-electron chi connectivity index (χ0n) is 11.2. The van der Waals surface area contributed by atoms with Crippen LogP contribution in [-0.2, 0) is 16.3 Å². The number of rotatable bonds is 4.